The first-order valence-corrected chi connectivity index (χ1v) is 11.7. The number of hydrogen-bond donors (Lipinski definition) is 1. The lowest BCUT2D eigenvalue weighted by Crippen LogP contribution is -2.41. The lowest BCUT2D eigenvalue weighted by atomic mass is 10.1. The van der Waals surface area contributed by atoms with Gasteiger partial charge in [-0.1, -0.05) is 27.2 Å². The summed E-state index contributed by atoms with van der Waals surface area (Å²) in [6, 6.07) is 4.60. The van der Waals surface area contributed by atoms with E-state index in [9.17, 15) is 9.18 Å². The Morgan fingerprint density at radius 1 is 1.14 bits per heavy atom. The molecule has 0 atom stereocenters. The van der Waals surface area contributed by atoms with E-state index in [0.29, 0.717) is 42.5 Å². The number of aromatic nitrogens is 6. The molecule has 36 heavy (non-hydrogen) atoms. The molecule has 1 N–H and O–H groups in total. The summed E-state index contributed by atoms with van der Waals surface area (Å²) in [5, 5.41) is 12.8. The van der Waals surface area contributed by atoms with Crippen molar-refractivity contribution in [3.05, 3.63) is 54.4 Å². The largest absolute Gasteiger partial charge is 0.370 e. The van der Waals surface area contributed by atoms with Crippen molar-refractivity contribution in [1.82, 2.24) is 29.5 Å². The fourth-order valence-corrected chi connectivity index (χ4v) is 4.09. The number of carbonyl (C=O) groups is 1. The molecule has 4 aromatic rings. The van der Waals surface area contributed by atoms with E-state index < -0.39 is 5.82 Å². The molecule has 4 heterocycles. The molecule has 1 aliphatic heterocycles. The maximum absolute atomic E-state index is 14.4. The number of aryl methyl sites for hydroxylation is 1. The molecule has 3 aromatic heterocycles. The summed E-state index contributed by atoms with van der Waals surface area (Å²) in [6.45, 7) is 4.15. The van der Waals surface area contributed by atoms with Gasteiger partial charge in [0.15, 0.2) is 5.65 Å². The summed E-state index contributed by atoms with van der Waals surface area (Å²) < 4.78 is 23.2. The quantitative estimate of drug-likeness (QED) is 0.349. The number of hydrogen-bond acceptors (Lipinski definition) is 7. The maximum Gasteiger partial charge on any atom is 0.253 e. The van der Waals surface area contributed by atoms with Gasteiger partial charge in [-0.2, -0.15) is 15.2 Å². The number of unbranched alkanes of at least 4 members (excludes halogenated alkanes) is 2. The van der Waals surface area contributed by atoms with E-state index in [-0.39, 0.29) is 19.9 Å². The predicted octanol–water partition coefficient (Wildman–Crippen LogP) is 4.14. The molecular weight excluding hydrogens is 463 g/mol. The van der Waals surface area contributed by atoms with Crippen LogP contribution in [0.15, 0.2) is 43.0 Å². The first-order chi connectivity index (χ1) is 17.1. The lowest BCUT2D eigenvalue weighted by Gasteiger charge is -2.27. The standard InChI is InChI=1S/C24H27FN8O2.CH4/c1-2-3-4-5-31-15-20(13-27-31)29-24-26-11-18-12-28-33(23(18)30-24)14-17-8-19(25)10-21(9-17)32-6-7-35-16-22(32)34;/h8-13,15H,2-7,14,16H2,1H3,(H,26,29,30);1H4. The van der Waals surface area contributed by atoms with Gasteiger partial charge in [0.25, 0.3) is 5.91 Å². The highest BCUT2D eigenvalue weighted by molar-refractivity contribution is 5.94. The molecule has 1 fully saturated rings. The van der Waals surface area contributed by atoms with E-state index >= 15 is 0 Å². The predicted molar refractivity (Wildman–Crippen MR) is 136 cm³/mol. The number of nitrogens with one attached hydrogen (secondary N) is 1. The van der Waals surface area contributed by atoms with Crippen molar-refractivity contribution in [3.63, 3.8) is 0 Å². The summed E-state index contributed by atoms with van der Waals surface area (Å²) in [6.07, 6.45) is 10.5. The first-order valence-electron chi connectivity index (χ1n) is 11.7. The number of nitrogens with zero attached hydrogens (tertiary/aromatic N) is 7. The molecular formula is C25H31FN8O2. The molecule has 1 aromatic carbocycles. The molecule has 0 aliphatic carbocycles. The van der Waals surface area contributed by atoms with Crippen LogP contribution in [-0.2, 0) is 22.6 Å². The van der Waals surface area contributed by atoms with Gasteiger partial charge in [0.1, 0.15) is 12.4 Å². The second-order valence-electron chi connectivity index (χ2n) is 8.51. The Balaban J connectivity index is 0.00000304. The van der Waals surface area contributed by atoms with Gasteiger partial charge in [-0.3, -0.25) is 9.48 Å². The van der Waals surface area contributed by atoms with E-state index in [0.717, 1.165) is 30.5 Å². The van der Waals surface area contributed by atoms with E-state index in [1.807, 2.05) is 10.9 Å². The van der Waals surface area contributed by atoms with E-state index in [1.54, 1.807) is 34.2 Å². The number of ether oxygens (including phenoxy) is 1. The van der Waals surface area contributed by atoms with Crippen LogP contribution in [0.25, 0.3) is 11.0 Å². The summed E-state index contributed by atoms with van der Waals surface area (Å²) >= 11 is 0. The van der Waals surface area contributed by atoms with Crippen molar-refractivity contribution in [3.8, 4) is 0 Å². The number of fused-ring (bicyclic) bond motifs is 1. The first kappa shape index (κ1) is 25.2. The van der Waals surface area contributed by atoms with Crippen LogP contribution in [0, 0.1) is 5.82 Å². The highest BCUT2D eigenvalue weighted by atomic mass is 19.1. The van der Waals surface area contributed by atoms with E-state index in [4.69, 9.17) is 4.74 Å². The van der Waals surface area contributed by atoms with Gasteiger partial charge in [-0.15, -0.1) is 0 Å². The summed E-state index contributed by atoms with van der Waals surface area (Å²) in [5.41, 5.74) is 2.60. The van der Waals surface area contributed by atoms with Crippen LogP contribution in [0.5, 0.6) is 0 Å². The van der Waals surface area contributed by atoms with Crippen molar-refractivity contribution < 1.29 is 13.9 Å². The zero-order valence-electron chi connectivity index (χ0n) is 19.5. The van der Waals surface area contributed by atoms with Crippen LogP contribution >= 0.6 is 0 Å². The topological polar surface area (TPSA) is 103 Å². The number of rotatable bonds is 9. The minimum absolute atomic E-state index is 0. The number of benzene rings is 1. The molecule has 0 bridgehead atoms. The summed E-state index contributed by atoms with van der Waals surface area (Å²) in [4.78, 5) is 22.7. The number of amides is 1. The molecule has 1 saturated heterocycles. The Hall–Kier alpha value is -3.86. The molecule has 11 heteroatoms. The van der Waals surface area contributed by atoms with E-state index in [1.165, 1.54) is 18.6 Å². The molecule has 190 valence electrons. The van der Waals surface area contributed by atoms with Gasteiger partial charge in [0.05, 0.1) is 36.6 Å². The second kappa shape index (κ2) is 11.3. The third-order valence-corrected chi connectivity index (χ3v) is 5.83. The van der Waals surface area contributed by atoms with Crippen LogP contribution in [0.2, 0.25) is 0 Å². The highest BCUT2D eigenvalue weighted by Crippen LogP contribution is 2.23. The average Bonchev–Trinajstić information content (AvgIpc) is 3.46. The highest BCUT2D eigenvalue weighted by Gasteiger charge is 2.21. The van der Waals surface area contributed by atoms with Gasteiger partial charge in [0.2, 0.25) is 5.95 Å². The lowest BCUT2D eigenvalue weighted by molar-refractivity contribution is -0.125. The molecule has 1 aliphatic rings. The summed E-state index contributed by atoms with van der Waals surface area (Å²) in [7, 11) is 0. The number of carbonyl (C=O) groups excluding carboxylic acids is 1. The monoisotopic (exact) mass is 494 g/mol. The van der Waals surface area contributed by atoms with Gasteiger partial charge >= 0.3 is 0 Å². The van der Waals surface area contributed by atoms with Crippen molar-refractivity contribution in [2.45, 2.75) is 46.7 Å². The zero-order valence-corrected chi connectivity index (χ0v) is 19.5. The molecule has 0 radical (unpaired) electrons. The zero-order chi connectivity index (χ0) is 24.2. The Kier molecular flexibility index (Phi) is 7.89. The van der Waals surface area contributed by atoms with Gasteiger partial charge in [-0.25, -0.2) is 14.1 Å². The Morgan fingerprint density at radius 2 is 2.03 bits per heavy atom. The van der Waals surface area contributed by atoms with Crippen molar-refractivity contribution in [1.29, 1.82) is 0 Å². The molecule has 5 rings (SSSR count). The maximum atomic E-state index is 14.4. The minimum atomic E-state index is -0.416. The Labute approximate surface area is 209 Å². The van der Waals surface area contributed by atoms with Crippen molar-refractivity contribution >= 4 is 34.3 Å². The number of morpholine rings is 1. The van der Waals surface area contributed by atoms with Crippen LogP contribution < -0.4 is 10.2 Å². The van der Waals surface area contributed by atoms with Crippen molar-refractivity contribution in [2.75, 3.05) is 30.0 Å². The van der Waals surface area contributed by atoms with Crippen LogP contribution in [0.1, 0.15) is 39.2 Å². The number of anilines is 3. The third kappa shape index (κ3) is 5.68. The average molecular weight is 495 g/mol. The van der Waals surface area contributed by atoms with Crippen LogP contribution in [-0.4, -0.2) is 55.2 Å². The van der Waals surface area contributed by atoms with Crippen LogP contribution in [0.3, 0.4) is 0 Å². The molecule has 0 spiro atoms. The molecule has 1 amide bonds. The van der Waals surface area contributed by atoms with Crippen LogP contribution in [0.4, 0.5) is 21.7 Å². The second-order valence-corrected chi connectivity index (χ2v) is 8.51. The number of halogens is 1. The normalized spacial score (nSPS) is 13.7. The minimum Gasteiger partial charge on any atom is -0.370 e. The Morgan fingerprint density at radius 3 is 2.86 bits per heavy atom. The fourth-order valence-electron chi connectivity index (χ4n) is 4.09. The third-order valence-electron chi connectivity index (χ3n) is 5.83. The summed E-state index contributed by atoms with van der Waals surface area (Å²) in [5.74, 6) is -0.179. The molecule has 10 nitrogen and oxygen atoms in total. The smallest absolute Gasteiger partial charge is 0.253 e. The van der Waals surface area contributed by atoms with Crippen molar-refractivity contribution in [2.24, 2.45) is 0 Å². The SMILES string of the molecule is C.CCCCCn1cc(Nc2ncc3cnn(Cc4cc(F)cc(N5CCOCC5=O)c4)c3n2)cn1. The Bertz CT molecular complexity index is 1330. The molecule has 0 saturated carbocycles. The van der Waals surface area contributed by atoms with Gasteiger partial charge in [0, 0.05) is 31.2 Å². The van der Waals surface area contributed by atoms with Gasteiger partial charge < -0.3 is 15.0 Å². The van der Waals surface area contributed by atoms with E-state index in [2.05, 4.69) is 32.4 Å². The molecule has 0 unspecified atom stereocenters. The fraction of sp³-hybridized carbons (Fsp3) is 0.400. The van der Waals surface area contributed by atoms with Gasteiger partial charge in [-0.05, 0) is 30.2 Å².